The van der Waals surface area contributed by atoms with Gasteiger partial charge < -0.3 is 15.4 Å². The van der Waals surface area contributed by atoms with Gasteiger partial charge in [-0.25, -0.2) is 0 Å². The average Bonchev–Trinajstić information content (AvgIpc) is 2.60. The van der Waals surface area contributed by atoms with Crippen LogP contribution >= 0.6 is 34.2 Å². The Morgan fingerprint density at radius 3 is 2.47 bits per heavy atom. The van der Waals surface area contributed by atoms with E-state index in [-0.39, 0.29) is 23.0 Å². The van der Waals surface area contributed by atoms with E-state index in [0.717, 1.165) is 16.4 Å². The number of ether oxygens (including phenoxy) is 1. The fourth-order valence-corrected chi connectivity index (χ4v) is 5.05. The quantitative estimate of drug-likeness (QED) is 0.495. The van der Waals surface area contributed by atoms with Crippen molar-refractivity contribution >= 4 is 40.1 Å². The molecule has 1 aliphatic rings. The van der Waals surface area contributed by atoms with Crippen LogP contribution in [0.25, 0.3) is 0 Å². The van der Waals surface area contributed by atoms with Crippen LogP contribution in [-0.4, -0.2) is 23.0 Å². The van der Waals surface area contributed by atoms with Gasteiger partial charge in [-0.3, -0.25) is 4.79 Å². The Morgan fingerprint density at radius 2 is 1.87 bits per heavy atom. The Balaban J connectivity index is 1.75. The van der Waals surface area contributed by atoms with Gasteiger partial charge in [-0.1, -0.05) is 17.7 Å². The van der Waals surface area contributed by atoms with Gasteiger partial charge in [-0.2, -0.15) is 5.26 Å². The third-order valence-electron chi connectivity index (χ3n) is 5.03. The Labute approximate surface area is 196 Å². The normalized spacial score (nSPS) is 17.8. The molecule has 158 valence electrons. The van der Waals surface area contributed by atoms with Gasteiger partial charge in [-0.05, 0) is 93.5 Å². The number of rotatable bonds is 4. The summed E-state index contributed by atoms with van der Waals surface area (Å²) in [7, 11) is 0. The highest BCUT2D eigenvalue weighted by Crippen LogP contribution is 2.34. The topological polar surface area (TPSA) is 74.1 Å². The first kappa shape index (κ1) is 22.9. The van der Waals surface area contributed by atoms with E-state index in [1.54, 1.807) is 24.3 Å². The zero-order valence-electron chi connectivity index (χ0n) is 17.5. The molecule has 0 atom stereocenters. The van der Waals surface area contributed by atoms with Crippen molar-refractivity contribution in [1.82, 2.24) is 10.6 Å². The van der Waals surface area contributed by atoms with Crippen molar-refractivity contribution in [2.24, 2.45) is 0 Å². The molecule has 1 aliphatic heterocycles. The summed E-state index contributed by atoms with van der Waals surface area (Å²) in [5.41, 5.74) is 0.818. The predicted molar refractivity (Wildman–Crippen MR) is 127 cm³/mol. The molecule has 30 heavy (non-hydrogen) atoms. The lowest BCUT2D eigenvalue weighted by atomic mass is 9.79. The summed E-state index contributed by atoms with van der Waals surface area (Å²) in [5.74, 6) is 0.674. The first-order valence-corrected chi connectivity index (χ1v) is 11.2. The van der Waals surface area contributed by atoms with E-state index in [1.165, 1.54) is 0 Å². The second kappa shape index (κ2) is 8.74. The van der Waals surface area contributed by atoms with Crippen LogP contribution in [0.1, 0.15) is 56.5 Å². The molecule has 5 nitrogen and oxygen atoms in total. The smallest absolute Gasteiger partial charge is 0.251 e. The summed E-state index contributed by atoms with van der Waals surface area (Å²) < 4.78 is 6.65. The number of benzene rings is 2. The van der Waals surface area contributed by atoms with Gasteiger partial charge in [0.05, 0.1) is 5.02 Å². The summed E-state index contributed by atoms with van der Waals surface area (Å²) in [5, 5.41) is 16.4. The van der Waals surface area contributed by atoms with Crippen LogP contribution in [0.15, 0.2) is 36.4 Å². The number of nitrogens with zero attached hydrogens (tertiary/aromatic N) is 1. The summed E-state index contributed by atoms with van der Waals surface area (Å²) >= 11 is 8.48. The lowest BCUT2D eigenvalue weighted by Gasteiger charge is -2.46. The van der Waals surface area contributed by atoms with E-state index in [1.807, 2.05) is 12.1 Å². The highest BCUT2D eigenvalue weighted by atomic mass is 127. The number of hydrogen-bond donors (Lipinski definition) is 2. The highest BCUT2D eigenvalue weighted by molar-refractivity contribution is 14.1. The largest absolute Gasteiger partial charge is 0.454 e. The van der Waals surface area contributed by atoms with Crippen LogP contribution in [0.4, 0.5) is 0 Å². The molecule has 0 unspecified atom stereocenters. The minimum atomic E-state index is -0.158. The Kier molecular flexibility index (Phi) is 6.66. The lowest BCUT2D eigenvalue weighted by Crippen LogP contribution is -2.62. The van der Waals surface area contributed by atoms with Crippen LogP contribution in [0.2, 0.25) is 5.02 Å². The highest BCUT2D eigenvalue weighted by Gasteiger charge is 2.38. The number of piperidine rings is 1. The van der Waals surface area contributed by atoms with Crippen LogP contribution in [0.3, 0.4) is 0 Å². The Hall–Kier alpha value is -1.82. The number of amides is 1. The number of carbonyl (C=O) groups is 1. The van der Waals surface area contributed by atoms with Crippen LogP contribution in [0.5, 0.6) is 11.5 Å². The SMILES string of the molecule is CC1(C)CC(NC(=O)c2ccc(Oc3cccc(I)c3C#N)c(Cl)c2)CC(C)(C)N1. The van der Waals surface area contributed by atoms with Crippen molar-refractivity contribution in [3.8, 4) is 17.6 Å². The van der Waals surface area contributed by atoms with Crippen LogP contribution in [-0.2, 0) is 0 Å². The molecule has 0 spiro atoms. The maximum Gasteiger partial charge on any atom is 0.251 e. The third-order valence-corrected chi connectivity index (χ3v) is 6.22. The number of carbonyl (C=O) groups excluding carboxylic acids is 1. The molecule has 2 N–H and O–H groups in total. The molecule has 1 heterocycles. The van der Waals surface area contributed by atoms with Gasteiger partial charge in [0.15, 0.2) is 0 Å². The molecule has 0 aromatic heterocycles. The molecule has 3 rings (SSSR count). The van der Waals surface area contributed by atoms with Crippen molar-refractivity contribution in [2.75, 3.05) is 0 Å². The number of hydrogen-bond acceptors (Lipinski definition) is 4. The molecule has 0 aliphatic carbocycles. The fourth-order valence-electron chi connectivity index (χ4n) is 4.23. The maximum absolute atomic E-state index is 12.8. The molecule has 1 saturated heterocycles. The van der Waals surface area contributed by atoms with E-state index in [2.05, 4.69) is 67.0 Å². The van der Waals surface area contributed by atoms with Crippen molar-refractivity contribution in [2.45, 2.75) is 57.7 Å². The Bertz CT molecular complexity index is 998. The minimum Gasteiger partial charge on any atom is -0.454 e. The Morgan fingerprint density at radius 1 is 1.20 bits per heavy atom. The van der Waals surface area contributed by atoms with E-state index in [9.17, 15) is 10.1 Å². The maximum atomic E-state index is 12.8. The zero-order chi connectivity index (χ0) is 22.1. The first-order chi connectivity index (χ1) is 14.0. The van der Waals surface area contributed by atoms with Crippen molar-refractivity contribution in [3.05, 3.63) is 56.1 Å². The molecule has 0 bridgehead atoms. The zero-order valence-corrected chi connectivity index (χ0v) is 20.4. The van der Waals surface area contributed by atoms with Gasteiger partial charge >= 0.3 is 0 Å². The van der Waals surface area contributed by atoms with E-state index < -0.39 is 0 Å². The molecular weight excluding hydrogens is 513 g/mol. The van der Waals surface area contributed by atoms with Crippen molar-refractivity contribution in [3.63, 3.8) is 0 Å². The monoisotopic (exact) mass is 537 g/mol. The van der Waals surface area contributed by atoms with Crippen molar-refractivity contribution < 1.29 is 9.53 Å². The molecular formula is C23H25ClIN3O2. The predicted octanol–water partition coefficient (Wildman–Crippen LogP) is 5.65. The second-order valence-electron chi connectivity index (χ2n) is 8.94. The standard InChI is InChI=1S/C23H25ClIN3O2/c1-22(2)11-15(12-23(3,4)28-22)27-21(29)14-8-9-20(17(24)10-14)30-19-7-5-6-18(25)16(19)13-26/h5-10,15,28H,11-12H2,1-4H3,(H,27,29). The van der Waals surface area contributed by atoms with Crippen LogP contribution < -0.4 is 15.4 Å². The molecule has 2 aromatic carbocycles. The van der Waals surface area contributed by atoms with Gasteiger partial charge in [0.1, 0.15) is 23.1 Å². The third kappa shape index (κ3) is 5.45. The molecule has 1 amide bonds. The van der Waals surface area contributed by atoms with Gasteiger partial charge in [0, 0.05) is 26.3 Å². The molecule has 0 saturated carbocycles. The number of halogens is 2. The number of nitriles is 1. The molecule has 0 radical (unpaired) electrons. The van der Waals surface area contributed by atoms with E-state index in [0.29, 0.717) is 27.6 Å². The summed E-state index contributed by atoms with van der Waals surface area (Å²) in [6.45, 7) is 8.60. The van der Waals surface area contributed by atoms with Gasteiger partial charge in [0.25, 0.3) is 5.91 Å². The summed E-state index contributed by atoms with van der Waals surface area (Å²) in [4.78, 5) is 12.8. The average molecular weight is 538 g/mol. The van der Waals surface area contributed by atoms with Gasteiger partial charge in [-0.15, -0.1) is 0 Å². The first-order valence-electron chi connectivity index (χ1n) is 9.76. The number of nitrogens with one attached hydrogen (secondary N) is 2. The fraction of sp³-hybridized carbons (Fsp3) is 0.391. The van der Waals surface area contributed by atoms with E-state index in [4.69, 9.17) is 16.3 Å². The van der Waals surface area contributed by atoms with E-state index >= 15 is 0 Å². The molecule has 2 aromatic rings. The van der Waals surface area contributed by atoms with Crippen LogP contribution in [0, 0.1) is 14.9 Å². The molecule has 7 heteroatoms. The summed E-state index contributed by atoms with van der Waals surface area (Å²) in [6, 6.07) is 12.5. The second-order valence-corrected chi connectivity index (χ2v) is 10.5. The minimum absolute atomic E-state index is 0.0549. The summed E-state index contributed by atoms with van der Waals surface area (Å²) in [6.07, 6.45) is 1.70. The molecule has 1 fully saturated rings. The van der Waals surface area contributed by atoms with Gasteiger partial charge in [0.2, 0.25) is 0 Å². The van der Waals surface area contributed by atoms with Crippen molar-refractivity contribution in [1.29, 1.82) is 5.26 Å². The lowest BCUT2D eigenvalue weighted by molar-refractivity contribution is 0.0873.